The van der Waals surface area contributed by atoms with E-state index >= 15 is 0 Å². The molecule has 14 nitrogen and oxygen atoms in total. The molecule has 1 aliphatic rings. The molecular weight excluding hydrogens is 704 g/mol. The van der Waals surface area contributed by atoms with E-state index in [1.807, 2.05) is 36.1 Å². The number of carbonyl (C=O) groups is 4. The molecule has 1 aliphatic heterocycles. The van der Waals surface area contributed by atoms with Gasteiger partial charge < -0.3 is 39.8 Å². The first-order valence-corrected chi connectivity index (χ1v) is 18.6. The highest BCUT2D eigenvalue weighted by Crippen LogP contribution is 2.32. The molecule has 0 atom stereocenters. The summed E-state index contributed by atoms with van der Waals surface area (Å²) in [4.78, 5) is 60.4. The Hall–Kier alpha value is -5.63. The van der Waals surface area contributed by atoms with Crippen LogP contribution in [0.3, 0.4) is 0 Å². The Morgan fingerprint density at radius 3 is 2.44 bits per heavy atom. The summed E-state index contributed by atoms with van der Waals surface area (Å²) in [5.74, 6) is 0.941. The molecule has 0 bridgehead atoms. The standard InChI is InChI=1S/C41H52N6O8/c1-27-15-18-33(35(24-27)54-23-11-7-8-14-37(49)46-21-19-29(48)20-22-46)45(5)38(50)28-16-17-31(34(25-28)53-6)44-39(51)47-32-13-10-9-12-30(32)43-36(47)26-42-40(52)55-41(2,3)4/h9-10,12-13,15-18,24-25,29,48H,7-8,11,14,19-23,26H2,1-6H3,(H,42,52)(H,44,51). The minimum Gasteiger partial charge on any atom is -0.495 e. The Morgan fingerprint density at radius 1 is 0.964 bits per heavy atom. The van der Waals surface area contributed by atoms with Gasteiger partial charge in [0.05, 0.1) is 48.8 Å². The first-order chi connectivity index (χ1) is 26.2. The van der Waals surface area contributed by atoms with Crippen molar-refractivity contribution in [1.82, 2.24) is 19.8 Å². The minimum absolute atomic E-state index is 0.0640. The van der Waals surface area contributed by atoms with Crippen molar-refractivity contribution in [2.75, 3.05) is 44.1 Å². The van der Waals surface area contributed by atoms with Crippen molar-refractivity contribution in [2.45, 2.75) is 84.5 Å². The summed E-state index contributed by atoms with van der Waals surface area (Å²) in [5, 5.41) is 15.2. The number of aliphatic hydroxyl groups is 1. The number of rotatable bonds is 13. The minimum atomic E-state index is -0.693. The van der Waals surface area contributed by atoms with Crippen LogP contribution in [-0.2, 0) is 16.1 Å². The highest BCUT2D eigenvalue weighted by Gasteiger charge is 2.24. The van der Waals surface area contributed by atoms with Crippen LogP contribution in [0.4, 0.5) is 21.0 Å². The first-order valence-electron chi connectivity index (χ1n) is 18.6. The SMILES string of the molecule is COc1cc(C(=O)N(C)c2ccc(C)cc2OCCCCCC(=O)N2CCC(O)CC2)ccc1NC(=O)n1c(CNC(=O)OC(C)(C)C)nc2ccccc21. The second-order valence-electron chi connectivity index (χ2n) is 14.7. The van der Waals surface area contributed by atoms with Crippen LogP contribution in [0.2, 0.25) is 0 Å². The number of likely N-dealkylation sites (tertiary alicyclic amines) is 1. The average molecular weight is 757 g/mol. The number of benzene rings is 3. The molecule has 55 heavy (non-hydrogen) atoms. The van der Waals surface area contributed by atoms with Crippen molar-refractivity contribution < 1.29 is 38.5 Å². The number of hydrogen-bond donors (Lipinski definition) is 3. The van der Waals surface area contributed by atoms with E-state index in [0.717, 1.165) is 24.8 Å². The smallest absolute Gasteiger partial charge is 0.408 e. The number of carbonyl (C=O) groups excluding carboxylic acids is 4. The fourth-order valence-corrected chi connectivity index (χ4v) is 6.31. The highest BCUT2D eigenvalue weighted by molar-refractivity contribution is 6.07. The predicted molar refractivity (Wildman–Crippen MR) is 210 cm³/mol. The Morgan fingerprint density at radius 2 is 1.71 bits per heavy atom. The lowest BCUT2D eigenvalue weighted by molar-refractivity contribution is -0.133. The van der Waals surface area contributed by atoms with Crippen molar-refractivity contribution in [1.29, 1.82) is 0 Å². The van der Waals surface area contributed by atoms with Gasteiger partial charge in [-0.25, -0.2) is 19.1 Å². The third-order valence-electron chi connectivity index (χ3n) is 9.20. The van der Waals surface area contributed by atoms with Crippen LogP contribution in [-0.4, -0.2) is 89.1 Å². The van der Waals surface area contributed by atoms with Crippen LogP contribution < -0.4 is 25.0 Å². The van der Waals surface area contributed by atoms with Crippen LogP contribution in [0.1, 0.15) is 81.0 Å². The molecule has 1 saturated heterocycles. The number of hydrogen-bond acceptors (Lipinski definition) is 9. The van der Waals surface area contributed by atoms with E-state index in [0.29, 0.717) is 78.5 Å². The second kappa shape index (κ2) is 18.1. The van der Waals surface area contributed by atoms with Crippen LogP contribution >= 0.6 is 0 Å². The second-order valence-corrected chi connectivity index (χ2v) is 14.7. The van der Waals surface area contributed by atoms with E-state index in [1.54, 1.807) is 64.2 Å². The molecular formula is C41H52N6O8. The lowest BCUT2D eigenvalue weighted by atomic mass is 10.1. The van der Waals surface area contributed by atoms with Gasteiger partial charge in [0.2, 0.25) is 5.91 Å². The summed E-state index contributed by atoms with van der Waals surface area (Å²) < 4.78 is 18.5. The highest BCUT2D eigenvalue weighted by atomic mass is 16.6. The Bertz CT molecular complexity index is 2000. The number of aromatic nitrogens is 2. The van der Waals surface area contributed by atoms with Gasteiger partial charge in [-0.1, -0.05) is 18.2 Å². The van der Waals surface area contributed by atoms with Gasteiger partial charge in [-0.2, -0.15) is 0 Å². The van der Waals surface area contributed by atoms with Gasteiger partial charge in [-0.3, -0.25) is 9.59 Å². The van der Waals surface area contributed by atoms with E-state index in [9.17, 15) is 24.3 Å². The largest absolute Gasteiger partial charge is 0.495 e. The monoisotopic (exact) mass is 756 g/mol. The number of aryl methyl sites for hydroxylation is 1. The maximum Gasteiger partial charge on any atom is 0.408 e. The van der Waals surface area contributed by atoms with Gasteiger partial charge in [0.25, 0.3) is 5.91 Å². The molecule has 4 aromatic rings. The van der Waals surface area contributed by atoms with Crippen LogP contribution in [0.25, 0.3) is 11.0 Å². The summed E-state index contributed by atoms with van der Waals surface area (Å²) in [7, 11) is 3.12. The molecule has 0 spiro atoms. The molecule has 1 aromatic heterocycles. The fourth-order valence-electron chi connectivity index (χ4n) is 6.31. The molecule has 0 radical (unpaired) electrons. The number of amides is 4. The normalized spacial score (nSPS) is 13.3. The number of aliphatic hydroxyl groups excluding tert-OH is 1. The van der Waals surface area contributed by atoms with Gasteiger partial charge in [0.15, 0.2) is 0 Å². The zero-order chi connectivity index (χ0) is 39.7. The molecule has 3 N–H and O–H groups in total. The number of ether oxygens (including phenoxy) is 3. The zero-order valence-corrected chi connectivity index (χ0v) is 32.5. The topological polar surface area (TPSA) is 165 Å². The van der Waals surface area contributed by atoms with E-state index in [-0.39, 0.29) is 30.2 Å². The number of imidazole rings is 1. The number of para-hydroxylation sites is 2. The number of piperidine rings is 1. The predicted octanol–water partition coefficient (Wildman–Crippen LogP) is 6.66. The number of alkyl carbamates (subject to hydrolysis) is 1. The van der Waals surface area contributed by atoms with E-state index in [2.05, 4.69) is 15.6 Å². The molecule has 5 rings (SSSR count). The molecule has 0 saturated carbocycles. The van der Waals surface area contributed by atoms with Crippen molar-refractivity contribution in [2.24, 2.45) is 0 Å². The Balaban J connectivity index is 1.22. The van der Waals surface area contributed by atoms with Crippen molar-refractivity contribution >= 4 is 46.3 Å². The van der Waals surface area contributed by atoms with Gasteiger partial charge in [-0.15, -0.1) is 0 Å². The summed E-state index contributed by atoms with van der Waals surface area (Å²) in [6.45, 7) is 8.82. The number of nitrogens with zero attached hydrogens (tertiary/aromatic N) is 4. The number of unbranched alkanes of at least 4 members (excludes halogenated alkanes) is 2. The third-order valence-corrected chi connectivity index (χ3v) is 9.20. The summed E-state index contributed by atoms with van der Waals surface area (Å²) in [6, 6.07) is 17.0. The fraction of sp³-hybridized carbons (Fsp3) is 0.439. The molecule has 3 aromatic carbocycles. The average Bonchev–Trinajstić information content (AvgIpc) is 3.53. The number of fused-ring (bicyclic) bond motifs is 1. The molecule has 0 unspecified atom stereocenters. The molecule has 2 heterocycles. The van der Waals surface area contributed by atoms with Crippen LogP contribution in [0.15, 0.2) is 60.7 Å². The molecule has 1 fully saturated rings. The first kappa shape index (κ1) is 40.6. The Kier molecular flexibility index (Phi) is 13.4. The van der Waals surface area contributed by atoms with Crippen molar-refractivity contribution in [3.63, 3.8) is 0 Å². The number of nitrogens with one attached hydrogen (secondary N) is 2. The summed E-state index contributed by atoms with van der Waals surface area (Å²) in [6.07, 6.45) is 3.13. The lowest BCUT2D eigenvalue weighted by Crippen LogP contribution is -2.39. The van der Waals surface area contributed by atoms with E-state index in [1.165, 1.54) is 16.6 Å². The van der Waals surface area contributed by atoms with Gasteiger partial charge in [0.1, 0.15) is 22.9 Å². The molecule has 4 amide bonds. The van der Waals surface area contributed by atoms with Gasteiger partial charge in [0, 0.05) is 32.1 Å². The van der Waals surface area contributed by atoms with E-state index in [4.69, 9.17) is 14.2 Å². The summed E-state index contributed by atoms with van der Waals surface area (Å²) in [5.41, 5.74) is 2.63. The third kappa shape index (κ3) is 10.7. The van der Waals surface area contributed by atoms with Gasteiger partial charge in [-0.05, 0) is 108 Å². The van der Waals surface area contributed by atoms with Crippen LogP contribution in [0, 0.1) is 6.92 Å². The van der Waals surface area contributed by atoms with Crippen LogP contribution in [0.5, 0.6) is 11.5 Å². The molecule has 294 valence electrons. The summed E-state index contributed by atoms with van der Waals surface area (Å²) >= 11 is 0. The van der Waals surface area contributed by atoms with Crippen molar-refractivity contribution in [3.8, 4) is 11.5 Å². The lowest BCUT2D eigenvalue weighted by Gasteiger charge is -2.29. The maximum absolute atomic E-state index is 13.8. The quantitative estimate of drug-likeness (QED) is 0.127. The molecule has 0 aliphatic carbocycles. The number of anilines is 2. The van der Waals surface area contributed by atoms with Crippen molar-refractivity contribution in [3.05, 3.63) is 77.6 Å². The zero-order valence-electron chi connectivity index (χ0n) is 32.5. The van der Waals surface area contributed by atoms with Gasteiger partial charge >= 0.3 is 12.1 Å². The van der Waals surface area contributed by atoms with E-state index < -0.39 is 17.7 Å². The Labute approximate surface area is 321 Å². The maximum atomic E-state index is 13.8. The molecule has 14 heteroatoms. The number of methoxy groups -OCH3 is 1.